The number of carbonyl (C=O) groups is 2. The maximum absolute atomic E-state index is 11.7. The van der Waals surface area contributed by atoms with E-state index in [1.165, 1.54) is 4.90 Å². The minimum atomic E-state index is -1.08. The summed E-state index contributed by atoms with van der Waals surface area (Å²) in [4.78, 5) is 23.6. The molecule has 0 aromatic carbocycles. The summed E-state index contributed by atoms with van der Waals surface area (Å²) in [6.07, 6.45) is 0.221. The number of carbonyl (C=O) groups excluding carboxylic acids is 1. The summed E-state index contributed by atoms with van der Waals surface area (Å²) in [5.41, 5.74) is 5.50. The van der Waals surface area contributed by atoms with Crippen molar-refractivity contribution in [3.63, 3.8) is 0 Å². The molecule has 0 aliphatic rings. The van der Waals surface area contributed by atoms with E-state index < -0.39 is 12.0 Å². The summed E-state index contributed by atoms with van der Waals surface area (Å²) in [6, 6.07) is 2.71. The lowest BCUT2D eigenvalue weighted by atomic mass is 10.2. The number of furan rings is 1. The van der Waals surface area contributed by atoms with E-state index in [0.29, 0.717) is 13.0 Å². The highest BCUT2D eigenvalue weighted by Gasteiger charge is 2.20. The summed E-state index contributed by atoms with van der Waals surface area (Å²) in [7, 11) is 1.60. The highest BCUT2D eigenvalue weighted by molar-refractivity contribution is 5.85. The Morgan fingerprint density at radius 1 is 1.50 bits per heavy atom. The standard InChI is InChI=1S/C12H18N2O4/c1-8-3-4-9(18-8)5-6-14(2)12(17)10(13)7-11(15)16/h3-4,10H,5-7,13H2,1-2H3,(H,15,16). The molecule has 18 heavy (non-hydrogen) atoms. The highest BCUT2D eigenvalue weighted by Crippen LogP contribution is 2.07. The van der Waals surface area contributed by atoms with E-state index in [0.717, 1.165) is 11.5 Å². The molecule has 1 rings (SSSR count). The van der Waals surface area contributed by atoms with Gasteiger partial charge in [-0.1, -0.05) is 0 Å². The third-order valence-corrected chi connectivity index (χ3v) is 2.58. The molecule has 3 N–H and O–H groups in total. The van der Waals surface area contributed by atoms with E-state index >= 15 is 0 Å². The van der Waals surface area contributed by atoms with Gasteiger partial charge in [0, 0.05) is 20.0 Å². The summed E-state index contributed by atoms with van der Waals surface area (Å²) in [5.74, 6) is 0.159. The van der Waals surface area contributed by atoms with Gasteiger partial charge in [0.2, 0.25) is 5.91 Å². The molecule has 1 unspecified atom stereocenters. The molecule has 1 aromatic heterocycles. The van der Waals surface area contributed by atoms with Crippen molar-refractivity contribution in [2.45, 2.75) is 25.8 Å². The van der Waals surface area contributed by atoms with Crippen molar-refractivity contribution in [2.75, 3.05) is 13.6 Å². The minimum Gasteiger partial charge on any atom is -0.481 e. The van der Waals surface area contributed by atoms with Gasteiger partial charge in [0.05, 0.1) is 12.5 Å². The number of rotatable bonds is 6. The Morgan fingerprint density at radius 3 is 2.67 bits per heavy atom. The Labute approximate surface area is 105 Å². The molecule has 0 radical (unpaired) electrons. The van der Waals surface area contributed by atoms with Gasteiger partial charge in [-0.05, 0) is 19.1 Å². The first-order valence-corrected chi connectivity index (χ1v) is 5.68. The van der Waals surface area contributed by atoms with Crippen LogP contribution < -0.4 is 5.73 Å². The molecule has 1 aromatic rings. The fourth-order valence-corrected chi connectivity index (χ4v) is 1.57. The lowest BCUT2D eigenvalue weighted by Crippen LogP contribution is -2.43. The number of carboxylic acid groups (broad SMARTS) is 1. The van der Waals surface area contributed by atoms with Gasteiger partial charge >= 0.3 is 5.97 Å². The predicted molar refractivity (Wildman–Crippen MR) is 65.0 cm³/mol. The molecule has 0 bridgehead atoms. The van der Waals surface area contributed by atoms with Crippen LogP contribution in [-0.4, -0.2) is 41.5 Å². The maximum Gasteiger partial charge on any atom is 0.305 e. The second-order valence-corrected chi connectivity index (χ2v) is 4.23. The smallest absolute Gasteiger partial charge is 0.305 e. The third kappa shape index (κ3) is 4.21. The number of nitrogens with zero attached hydrogens (tertiary/aromatic N) is 1. The van der Waals surface area contributed by atoms with Crippen molar-refractivity contribution in [2.24, 2.45) is 5.73 Å². The topological polar surface area (TPSA) is 96.8 Å². The lowest BCUT2D eigenvalue weighted by Gasteiger charge is -2.19. The third-order valence-electron chi connectivity index (χ3n) is 2.58. The van der Waals surface area contributed by atoms with Crippen LogP contribution in [0.2, 0.25) is 0 Å². The average molecular weight is 254 g/mol. The lowest BCUT2D eigenvalue weighted by molar-refractivity contribution is -0.141. The average Bonchev–Trinajstić information content (AvgIpc) is 2.70. The van der Waals surface area contributed by atoms with E-state index in [1.807, 2.05) is 19.1 Å². The fraction of sp³-hybridized carbons (Fsp3) is 0.500. The number of carboxylic acids is 1. The Hall–Kier alpha value is -1.82. The first-order chi connectivity index (χ1) is 8.40. The van der Waals surface area contributed by atoms with Gasteiger partial charge in [0.1, 0.15) is 11.5 Å². The van der Waals surface area contributed by atoms with Crippen LogP contribution in [0.1, 0.15) is 17.9 Å². The second kappa shape index (κ2) is 6.20. The van der Waals surface area contributed by atoms with Crippen LogP contribution in [0.15, 0.2) is 16.5 Å². The van der Waals surface area contributed by atoms with E-state index in [1.54, 1.807) is 7.05 Å². The van der Waals surface area contributed by atoms with Crippen LogP contribution in [0, 0.1) is 6.92 Å². The molecule has 0 fully saturated rings. The molecule has 0 saturated heterocycles. The number of likely N-dealkylation sites (N-methyl/N-ethyl adjacent to an activating group) is 1. The number of nitrogens with two attached hydrogens (primary N) is 1. The molecule has 1 heterocycles. The molecular weight excluding hydrogens is 236 g/mol. The molecule has 1 amide bonds. The normalized spacial score (nSPS) is 12.2. The Bertz CT molecular complexity index is 427. The summed E-state index contributed by atoms with van der Waals surface area (Å²) in [6.45, 7) is 2.29. The van der Waals surface area contributed by atoms with Crippen LogP contribution in [0.25, 0.3) is 0 Å². The quantitative estimate of drug-likeness (QED) is 0.765. The summed E-state index contributed by atoms with van der Waals surface area (Å²) < 4.78 is 5.38. The van der Waals surface area contributed by atoms with Gasteiger partial charge in [0.15, 0.2) is 0 Å². The molecule has 0 aliphatic carbocycles. The van der Waals surface area contributed by atoms with Gasteiger partial charge in [-0.25, -0.2) is 0 Å². The highest BCUT2D eigenvalue weighted by atomic mass is 16.4. The van der Waals surface area contributed by atoms with Crippen molar-refractivity contribution < 1.29 is 19.1 Å². The molecular formula is C12H18N2O4. The van der Waals surface area contributed by atoms with Crippen LogP contribution >= 0.6 is 0 Å². The van der Waals surface area contributed by atoms with Crippen molar-refractivity contribution in [1.82, 2.24) is 4.90 Å². The Kier molecular flexibility index (Phi) is 4.91. The Morgan fingerprint density at radius 2 is 2.17 bits per heavy atom. The van der Waals surface area contributed by atoms with E-state index in [2.05, 4.69) is 0 Å². The van der Waals surface area contributed by atoms with Crippen LogP contribution in [0.3, 0.4) is 0 Å². The Balaban J connectivity index is 2.42. The number of aliphatic carboxylic acids is 1. The van der Waals surface area contributed by atoms with Crippen molar-refractivity contribution in [1.29, 1.82) is 0 Å². The van der Waals surface area contributed by atoms with E-state index in [4.69, 9.17) is 15.3 Å². The second-order valence-electron chi connectivity index (χ2n) is 4.23. The van der Waals surface area contributed by atoms with Crippen LogP contribution in [-0.2, 0) is 16.0 Å². The number of amides is 1. The zero-order chi connectivity index (χ0) is 13.7. The molecule has 0 aliphatic heterocycles. The number of hydrogen-bond acceptors (Lipinski definition) is 4. The van der Waals surface area contributed by atoms with E-state index in [-0.39, 0.29) is 12.3 Å². The van der Waals surface area contributed by atoms with Crippen LogP contribution in [0.5, 0.6) is 0 Å². The summed E-state index contributed by atoms with van der Waals surface area (Å²) in [5, 5.41) is 8.56. The first kappa shape index (κ1) is 14.2. The van der Waals surface area contributed by atoms with Gasteiger partial charge in [0.25, 0.3) is 0 Å². The fourth-order valence-electron chi connectivity index (χ4n) is 1.57. The predicted octanol–water partition coefficient (Wildman–Crippen LogP) is 0.391. The van der Waals surface area contributed by atoms with Crippen molar-refractivity contribution in [3.8, 4) is 0 Å². The molecule has 0 saturated carbocycles. The molecule has 0 spiro atoms. The zero-order valence-corrected chi connectivity index (χ0v) is 10.5. The van der Waals surface area contributed by atoms with Gasteiger partial charge < -0.3 is 20.2 Å². The van der Waals surface area contributed by atoms with Gasteiger partial charge in [-0.3, -0.25) is 9.59 Å². The monoisotopic (exact) mass is 254 g/mol. The minimum absolute atomic E-state index is 0.358. The number of hydrogen-bond donors (Lipinski definition) is 2. The number of aryl methyl sites for hydroxylation is 1. The molecule has 6 nitrogen and oxygen atoms in total. The molecule has 1 atom stereocenters. The van der Waals surface area contributed by atoms with Crippen molar-refractivity contribution in [3.05, 3.63) is 23.7 Å². The maximum atomic E-state index is 11.7. The summed E-state index contributed by atoms with van der Waals surface area (Å²) >= 11 is 0. The van der Waals surface area contributed by atoms with Crippen molar-refractivity contribution >= 4 is 11.9 Å². The molecule has 6 heteroatoms. The zero-order valence-electron chi connectivity index (χ0n) is 10.5. The SMILES string of the molecule is Cc1ccc(CCN(C)C(=O)C(N)CC(=O)O)o1. The van der Waals surface area contributed by atoms with Gasteiger partial charge in [-0.2, -0.15) is 0 Å². The largest absolute Gasteiger partial charge is 0.481 e. The molecule has 100 valence electrons. The first-order valence-electron chi connectivity index (χ1n) is 5.68. The van der Waals surface area contributed by atoms with E-state index in [9.17, 15) is 9.59 Å². The van der Waals surface area contributed by atoms with Crippen LogP contribution in [0.4, 0.5) is 0 Å². The van der Waals surface area contributed by atoms with Gasteiger partial charge in [-0.15, -0.1) is 0 Å².